The fraction of sp³-hybridized carbons (Fsp3) is 0.375. The number of rotatable bonds is 6. The second-order valence-corrected chi connectivity index (χ2v) is 5.70. The van der Waals surface area contributed by atoms with Crippen LogP contribution in [-0.2, 0) is 0 Å². The lowest BCUT2D eigenvalue weighted by atomic mass is 10.1. The molecule has 1 unspecified atom stereocenters. The van der Waals surface area contributed by atoms with Gasteiger partial charge in [0.2, 0.25) is 0 Å². The topological polar surface area (TPSA) is 34.4 Å². The molecule has 1 heterocycles. The van der Waals surface area contributed by atoms with Gasteiger partial charge in [0.15, 0.2) is 0 Å². The third-order valence-corrected chi connectivity index (χ3v) is 4.45. The Balaban J connectivity index is 1.79. The summed E-state index contributed by atoms with van der Waals surface area (Å²) in [4.78, 5) is 0. The molecule has 0 fully saturated rings. The molecule has 20 heavy (non-hydrogen) atoms. The van der Waals surface area contributed by atoms with Crippen molar-refractivity contribution in [1.29, 1.82) is 0 Å². The molecule has 0 saturated carbocycles. The summed E-state index contributed by atoms with van der Waals surface area (Å²) in [7, 11) is 0. The van der Waals surface area contributed by atoms with Gasteiger partial charge in [0.25, 0.3) is 0 Å². The van der Waals surface area contributed by atoms with E-state index in [0.717, 1.165) is 22.5 Å². The molecule has 0 saturated heterocycles. The second-order valence-electron chi connectivity index (χ2n) is 4.91. The number of ether oxygens (including phenoxy) is 1. The molecule has 0 aliphatic heterocycles. The van der Waals surface area contributed by atoms with E-state index in [9.17, 15) is 0 Å². The molecule has 1 aromatic carbocycles. The maximum atomic E-state index is 5.78. The first-order valence-electron chi connectivity index (χ1n) is 6.74. The molecular formula is C16H20BrNO2. The van der Waals surface area contributed by atoms with E-state index in [0.29, 0.717) is 6.61 Å². The van der Waals surface area contributed by atoms with Crippen LogP contribution in [0.2, 0.25) is 0 Å². The Labute approximate surface area is 128 Å². The van der Waals surface area contributed by atoms with Crippen LogP contribution in [0.3, 0.4) is 0 Å². The van der Waals surface area contributed by atoms with Crippen molar-refractivity contribution in [3.8, 4) is 5.75 Å². The molecule has 3 nitrogen and oxygen atoms in total. The van der Waals surface area contributed by atoms with Crippen molar-refractivity contribution in [3.63, 3.8) is 0 Å². The molecule has 1 N–H and O–H groups in total. The molecule has 1 atom stereocenters. The summed E-state index contributed by atoms with van der Waals surface area (Å²) in [6.07, 6.45) is 1.69. The zero-order chi connectivity index (χ0) is 14.5. The Morgan fingerprint density at radius 3 is 2.60 bits per heavy atom. The van der Waals surface area contributed by atoms with Gasteiger partial charge in [-0.15, -0.1) is 0 Å². The molecule has 1 aromatic heterocycles. The van der Waals surface area contributed by atoms with Crippen molar-refractivity contribution in [1.82, 2.24) is 5.32 Å². The monoisotopic (exact) mass is 337 g/mol. The Bertz CT molecular complexity index is 529. The van der Waals surface area contributed by atoms with Crippen LogP contribution < -0.4 is 10.1 Å². The highest BCUT2D eigenvalue weighted by Crippen LogP contribution is 2.26. The summed E-state index contributed by atoms with van der Waals surface area (Å²) < 4.78 is 12.3. The van der Waals surface area contributed by atoms with Gasteiger partial charge in [-0.3, -0.25) is 0 Å². The van der Waals surface area contributed by atoms with Crippen molar-refractivity contribution >= 4 is 15.9 Å². The lowest BCUT2D eigenvalue weighted by Gasteiger charge is -2.13. The number of nitrogens with one attached hydrogen (secondary N) is 1. The maximum Gasteiger partial charge on any atom is 0.120 e. The second kappa shape index (κ2) is 6.95. The van der Waals surface area contributed by atoms with Gasteiger partial charge in [0, 0.05) is 11.0 Å². The molecular weight excluding hydrogens is 318 g/mol. The van der Waals surface area contributed by atoms with Crippen LogP contribution in [0.4, 0.5) is 0 Å². The largest absolute Gasteiger partial charge is 0.492 e. The van der Waals surface area contributed by atoms with Crippen LogP contribution >= 0.6 is 15.9 Å². The number of hydrogen-bond donors (Lipinski definition) is 1. The van der Waals surface area contributed by atoms with E-state index in [1.54, 1.807) is 6.26 Å². The van der Waals surface area contributed by atoms with Gasteiger partial charge in [-0.05, 0) is 56.2 Å². The van der Waals surface area contributed by atoms with Gasteiger partial charge in [-0.25, -0.2) is 0 Å². The van der Waals surface area contributed by atoms with E-state index in [1.165, 1.54) is 11.1 Å². The smallest absolute Gasteiger partial charge is 0.120 e. The molecule has 0 spiro atoms. The zero-order valence-electron chi connectivity index (χ0n) is 12.1. The molecule has 0 radical (unpaired) electrons. The fourth-order valence-corrected chi connectivity index (χ4v) is 2.30. The van der Waals surface area contributed by atoms with Crippen LogP contribution in [0, 0.1) is 13.8 Å². The van der Waals surface area contributed by atoms with Gasteiger partial charge in [-0.2, -0.15) is 0 Å². The van der Waals surface area contributed by atoms with E-state index in [1.807, 2.05) is 24.3 Å². The van der Waals surface area contributed by atoms with E-state index < -0.39 is 0 Å². The number of benzene rings is 1. The summed E-state index contributed by atoms with van der Waals surface area (Å²) in [6, 6.07) is 8.17. The summed E-state index contributed by atoms with van der Waals surface area (Å²) in [5, 5.41) is 3.37. The SMILES string of the molecule is Cc1cc(OCCNC(C)c2ccco2)cc(C)c1Br. The molecule has 108 valence electrons. The average Bonchev–Trinajstić information content (AvgIpc) is 2.94. The summed E-state index contributed by atoms with van der Waals surface area (Å²) in [5.41, 5.74) is 2.38. The zero-order valence-corrected chi connectivity index (χ0v) is 13.7. The third kappa shape index (κ3) is 3.87. The van der Waals surface area contributed by atoms with Gasteiger partial charge in [0.05, 0.1) is 12.3 Å². The van der Waals surface area contributed by atoms with Gasteiger partial charge < -0.3 is 14.5 Å². The number of halogens is 1. The van der Waals surface area contributed by atoms with Crippen LogP contribution in [0.5, 0.6) is 5.75 Å². The molecule has 2 aromatic rings. The highest BCUT2D eigenvalue weighted by atomic mass is 79.9. The minimum atomic E-state index is 0.196. The fourth-order valence-electron chi connectivity index (χ4n) is 2.07. The van der Waals surface area contributed by atoms with E-state index >= 15 is 0 Å². The Morgan fingerprint density at radius 1 is 1.30 bits per heavy atom. The van der Waals surface area contributed by atoms with Crippen molar-refractivity contribution < 1.29 is 9.15 Å². The summed E-state index contributed by atoms with van der Waals surface area (Å²) in [6.45, 7) is 7.62. The predicted molar refractivity (Wildman–Crippen MR) is 84.2 cm³/mol. The Kier molecular flexibility index (Phi) is 5.26. The van der Waals surface area contributed by atoms with Gasteiger partial charge >= 0.3 is 0 Å². The number of hydrogen-bond acceptors (Lipinski definition) is 3. The van der Waals surface area contributed by atoms with Crippen LogP contribution in [0.1, 0.15) is 29.9 Å². The minimum absolute atomic E-state index is 0.196. The standard InChI is InChI=1S/C16H20BrNO2/c1-11-9-14(10-12(2)16(11)17)19-8-6-18-13(3)15-5-4-7-20-15/h4-5,7,9-10,13,18H,6,8H2,1-3H3. The van der Waals surface area contributed by atoms with Crippen molar-refractivity contribution in [3.05, 3.63) is 51.9 Å². The lowest BCUT2D eigenvalue weighted by Crippen LogP contribution is -2.24. The molecule has 0 amide bonds. The van der Waals surface area contributed by atoms with E-state index in [2.05, 4.69) is 42.0 Å². The quantitative estimate of drug-likeness (QED) is 0.794. The van der Waals surface area contributed by atoms with Crippen LogP contribution in [0.25, 0.3) is 0 Å². The lowest BCUT2D eigenvalue weighted by molar-refractivity contribution is 0.301. The molecule has 4 heteroatoms. The van der Waals surface area contributed by atoms with Crippen LogP contribution in [0.15, 0.2) is 39.4 Å². The Morgan fingerprint density at radius 2 is 2.00 bits per heavy atom. The summed E-state index contributed by atoms with van der Waals surface area (Å²) in [5.74, 6) is 1.86. The number of furan rings is 1. The van der Waals surface area contributed by atoms with Crippen LogP contribution in [-0.4, -0.2) is 13.2 Å². The minimum Gasteiger partial charge on any atom is -0.492 e. The molecule has 0 aliphatic rings. The van der Waals surface area contributed by atoms with Crippen molar-refractivity contribution in [2.45, 2.75) is 26.8 Å². The third-order valence-electron chi connectivity index (χ3n) is 3.20. The van der Waals surface area contributed by atoms with Gasteiger partial charge in [-0.1, -0.05) is 15.9 Å². The predicted octanol–water partition coefficient (Wildman–Crippen LogP) is 4.39. The number of aryl methyl sites for hydroxylation is 2. The van der Waals surface area contributed by atoms with E-state index in [4.69, 9.17) is 9.15 Å². The first-order chi connectivity index (χ1) is 9.58. The summed E-state index contributed by atoms with van der Waals surface area (Å²) >= 11 is 3.56. The average molecular weight is 338 g/mol. The van der Waals surface area contributed by atoms with E-state index in [-0.39, 0.29) is 6.04 Å². The molecule has 0 bridgehead atoms. The maximum absolute atomic E-state index is 5.78. The van der Waals surface area contributed by atoms with Crippen molar-refractivity contribution in [2.24, 2.45) is 0 Å². The highest BCUT2D eigenvalue weighted by Gasteiger charge is 2.07. The normalized spacial score (nSPS) is 12.4. The first-order valence-corrected chi connectivity index (χ1v) is 7.53. The van der Waals surface area contributed by atoms with Gasteiger partial charge in [0.1, 0.15) is 18.1 Å². The molecule has 0 aliphatic carbocycles. The molecule has 2 rings (SSSR count). The Hall–Kier alpha value is -1.26. The first kappa shape index (κ1) is 15.1. The highest BCUT2D eigenvalue weighted by molar-refractivity contribution is 9.10. The van der Waals surface area contributed by atoms with Crippen molar-refractivity contribution in [2.75, 3.05) is 13.2 Å².